The summed E-state index contributed by atoms with van der Waals surface area (Å²) in [5.41, 5.74) is 1.92. The number of aliphatic hydroxyl groups is 1. The highest BCUT2D eigenvalue weighted by Crippen LogP contribution is 2.29. The molecule has 0 aromatic heterocycles. The maximum absolute atomic E-state index is 10.5. The number of aliphatic hydroxyl groups excluding tert-OH is 1. The number of benzene rings is 2. The smallest absolute Gasteiger partial charge is 0.160 e. The van der Waals surface area contributed by atoms with Crippen molar-refractivity contribution in [1.82, 2.24) is 0 Å². The third-order valence-corrected chi connectivity index (χ3v) is 4.13. The van der Waals surface area contributed by atoms with Crippen LogP contribution in [0.5, 0.6) is 17.2 Å². The largest absolute Gasteiger partial charge is 0.493 e. The SMILES string of the molecule is C=CCOCCOc1cccc([C@@H](O)CCc2ccc(OC)c(OC)c2)c1. The summed E-state index contributed by atoms with van der Waals surface area (Å²) < 4.78 is 21.5. The lowest BCUT2D eigenvalue weighted by Crippen LogP contribution is -2.07. The Morgan fingerprint density at radius 2 is 1.85 bits per heavy atom. The molecule has 0 aliphatic heterocycles. The molecule has 2 rings (SSSR count). The van der Waals surface area contributed by atoms with E-state index >= 15 is 0 Å². The van der Waals surface area contributed by atoms with E-state index in [1.54, 1.807) is 20.3 Å². The van der Waals surface area contributed by atoms with Gasteiger partial charge in [0.15, 0.2) is 11.5 Å². The van der Waals surface area contributed by atoms with Gasteiger partial charge in [0.2, 0.25) is 0 Å². The molecule has 0 amide bonds. The van der Waals surface area contributed by atoms with Gasteiger partial charge in [-0.2, -0.15) is 0 Å². The van der Waals surface area contributed by atoms with Gasteiger partial charge in [-0.25, -0.2) is 0 Å². The van der Waals surface area contributed by atoms with E-state index in [1.165, 1.54) is 0 Å². The van der Waals surface area contributed by atoms with Crippen LogP contribution in [0.3, 0.4) is 0 Å². The Labute approximate surface area is 161 Å². The van der Waals surface area contributed by atoms with Crippen molar-refractivity contribution in [2.24, 2.45) is 0 Å². The molecule has 1 N–H and O–H groups in total. The topological polar surface area (TPSA) is 57.2 Å². The quantitative estimate of drug-likeness (QED) is 0.452. The minimum absolute atomic E-state index is 0.457. The van der Waals surface area contributed by atoms with E-state index in [-0.39, 0.29) is 0 Å². The number of methoxy groups -OCH3 is 2. The molecule has 2 aromatic carbocycles. The molecule has 0 spiro atoms. The lowest BCUT2D eigenvalue weighted by Gasteiger charge is -2.14. The predicted octanol–water partition coefficient (Wildman–Crippen LogP) is 3.95. The van der Waals surface area contributed by atoms with E-state index in [2.05, 4.69) is 6.58 Å². The minimum Gasteiger partial charge on any atom is -0.493 e. The Morgan fingerprint density at radius 1 is 1.04 bits per heavy atom. The fourth-order valence-electron chi connectivity index (χ4n) is 2.70. The second-order valence-corrected chi connectivity index (χ2v) is 6.03. The van der Waals surface area contributed by atoms with Crippen molar-refractivity contribution in [2.75, 3.05) is 34.0 Å². The Kier molecular flexibility index (Phi) is 8.68. The van der Waals surface area contributed by atoms with Crippen LogP contribution in [0.4, 0.5) is 0 Å². The summed E-state index contributed by atoms with van der Waals surface area (Å²) >= 11 is 0. The second-order valence-electron chi connectivity index (χ2n) is 6.03. The van der Waals surface area contributed by atoms with E-state index in [0.29, 0.717) is 37.7 Å². The molecule has 0 heterocycles. The maximum atomic E-state index is 10.5. The zero-order valence-electron chi connectivity index (χ0n) is 16.0. The van der Waals surface area contributed by atoms with Crippen molar-refractivity contribution in [3.63, 3.8) is 0 Å². The van der Waals surface area contributed by atoms with Gasteiger partial charge in [-0.05, 0) is 48.2 Å². The number of rotatable bonds is 12. The van der Waals surface area contributed by atoms with Gasteiger partial charge in [0, 0.05) is 0 Å². The molecule has 0 fully saturated rings. The van der Waals surface area contributed by atoms with Crippen LogP contribution in [0.1, 0.15) is 23.7 Å². The van der Waals surface area contributed by atoms with Gasteiger partial charge in [-0.1, -0.05) is 24.3 Å². The Balaban J connectivity index is 1.89. The molecule has 0 radical (unpaired) electrons. The number of hydrogen-bond acceptors (Lipinski definition) is 5. The second kappa shape index (κ2) is 11.3. The molecule has 0 unspecified atom stereocenters. The van der Waals surface area contributed by atoms with Gasteiger partial charge in [-0.15, -0.1) is 6.58 Å². The highest BCUT2D eigenvalue weighted by atomic mass is 16.5. The minimum atomic E-state index is -0.571. The standard InChI is InChI=1S/C22H28O5/c1-4-12-26-13-14-27-19-7-5-6-18(16-19)20(23)10-8-17-9-11-21(24-2)22(15-17)25-3/h4-7,9,11,15-16,20,23H,1,8,10,12-14H2,2-3H3/t20-/m0/s1. The average molecular weight is 372 g/mol. The zero-order chi connectivity index (χ0) is 19.5. The van der Waals surface area contributed by atoms with Gasteiger partial charge in [0.1, 0.15) is 12.4 Å². The van der Waals surface area contributed by atoms with Crippen LogP contribution in [-0.4, -0.2) is 39.1 Å². The van der Waals surface area contributed by atoms with Crippen molar-refractivity contribution in [2.45, 2.75) is 18.9 Å². The van der Waals surface area contributed by atoms with Crippen LogP contribution >= 0.6 is 0 Å². The van der Waals surface area contributed by atoms with Crippen LogP contribution in [0.25, 0.3) is 0 Å². The molecule has 2 aromatic rings. The van der Waals surface area contributed by atoms with E-state index in [1.807, 2.05) is 42.5 Å². The highest BCUT2D eigenvalue weighted by molar-refractivity contribution is 5.43. The van der Waals surface area contributed by atoms with Gasteiger partial charge < -0.3 is 24.1 Å². The van der Waals surface area contributed by atoms with Crippen LogP contribution < -0.4 is 14.2 Å². The summed E-state index contributed by atoms with van der Waals surface area (Å²) in [6.45, 7) is 5.07. The average Bonchev–Trinajstić information content (AvgIpc) is 2.71. The summed E-state index contributed by atoms with van der Waals surface area (Å²) in [4.78, 5) is 0. The molecule has 0 bridgehead atoms. The van der Waals surface area contributed by atoms with Gasteiger partial charge in [0.05, 0.1) is 33.5 Å². The van der Waals surface area contributed by atoms with Gasteiger partial charge in [-0.3, -0.25) is 0 Å². The first-order valence-electron chi connectivity index (χ1n) is 8.98. The molecular formula is C22H28O5. The summed E-state index contributed by atoms with van der Waals surface area (Å²) in [5.74, 6) is 2.11. The Hall–Kier alpha value is -2.50. The van der Waals surface area contributed by atoms with E-state index in [4.69, 9.17) is 18.9 Å². The monoisotopic (exact) mass is 372 g/mol. The van der Waals surface area contributed by atoms with Crippen molar-refractivity contribution >= 4 is 0 Å². The summed E-state index contributed by atoms with van der Waals surface area (Å²) in [6.07, 6.45) is 2.46. The maximum Gasteiger partial charge on any atom is 0.160 e. The molecule has 0 aliphatic rings. The van der Waals surface area contributed by atoms with Crippen LogP contribution in [0, 0.1) is 0 Å². The number of hydrogen-bond donors (Lipinski definition) is 1. The number of aryl methyl sites for hydroxylation is 1. The summed E-state index contributed by atoms with van der Waals surface area (Å²) in [5, 5.41) is 10.5. The molecule has 0 saturated carbocycles. The zero-order valence-corrected chi connectivity index (χ0v) is 16.0. The van der Waals surface area contributed by atoms with Crippen LogP contribution in [0.15, 0.2) is 55.1 Å². The van der Waals surface area contributed by atoms with Crippen molar-refractivity contribution in [3.05, 3.63) is 66.2 Å². The lowest BCUT2D eigenvalue weighted by molar-refractivity contribution is 0.120. The lowest BCUT2D eigenvalue weighted by atomic mass is 10.0. The predicted molar refractivity (Wildman–Crippen MR) is 106 cm³/mol. The van der Waals surface area contributed by atoms with Crippen LogP contribution in [-0.2, 0) is 11.2 Å². The summed E-state index contributed by atoms with van der Waals surface area (Å²) in [7, 11) is 3.23. The van der Waals surface area contributed by atoms with E-state index in [0.717, 1.165) is 23.3 Å². The highest BCUT2D eigenvalue weighted by Gasteiger charge is 2.11. The fourth-order valence-corrected chi connectivity index (χ4v) is 2.70. The Morgan fingerprint density at radius 3 is 2.59 bits per heavy atom. The molecule has 0 aliphatic carbocycles. The molecular weight excluding hydrogens is 344 g/mol. The van der Waals surface area contributed by atoms with E-state index in [9.17, 15) is 5.11 Å². The van der Waals surface area contributed by atoms with E-state index < -0.39 is 6.10 Å². The molecule has 27 heavy (non-hydrogen) atoms. The van der Waals surface area contributed by atoms with Gasteiger partial charge in [0.25, 0.3) is 0 Å². The third kappa shape index (κ3) is 6.62. The normalized spacial score (nSPS) is 11.7. The third-order valence-electron chi connectivity index (χ3n) is 4.13. The molecule has 1 atom stereocenters. The molecule has 146 valence electrons. The number of ether oxygens (including phenoxy) is 4. The van der Waals surface area contributed by atoms with Crippen molar-refractivity contribution < 1.29 is 24.1 Å². The first-order chi connectivity index (χ1) is 13.2. The molecule has 5 nitrogen and oxygen atoms in total. The first-order valence-corrected chi connectivity index (χ1v) is 8.98. The van der Waals surface area contributed by atoms with Crippen molar-refractivity contribution in [1.29, 1.82) is 0 Å². The van der Waals surface area contributed by atoms with Gasteiger partial charge >= 0.3 is 0 Å². The fraction of sp³-hybridized carbons (Fsp3) is 0.364. The Bertz CT molecular complexity index is 714. The molecule has 0 saturated heterocycles. The summed E-state index contributed by atoms with van der Waals surface area (Å²) in [6, 6.07) is 13.3. The first kappa shape index (κ1) is 20.8. The van der Waals surface area contributed by atoms with Crippen LogP contribution in [0.2, 0.25) is 0 Å². The van der Waals surface area contributed by atoms with Crippen molar-refractivity contribution in [3.8, 4) is 17.2 Å². The molecule has 5 heteroatoms.